The summed E-state index contributed by atoms with van der Waals surface area (Å²) < 4.78 is 0. The third-order valence-corrected chi connectivity index (χ3v) is 5.33. The van der Waals surface area contributed by atoms with Gasteiger partial charge in [-0.1, -0.05) is 56.5 Å². The summed E-state index contributed by atoms with van der Waals surface area (Å²) in [5.74, 6) is 2.81. The van der Waals surface area contributed by atoms with Gasteiger partial charge in [0.15, 0.2) is 0 Å². The molecule has 0 heterocycles. The summed E-state index contributed by atoms with van der Waals surface area (Å²) in [4.78, 5) is 0. The highest BCUT2D eigenvalue weighted by molar-refractivity contribution is 6.42. The van der Waals surface area contributed by atoms with Crippen molar-refractivity contribution in [1.82, 2.24) is 5.32 Å². The Morgan fingerprint density at radius 3 is 2.62 bits per heavy atom. The third kappa shape index (κ3) is 4.87. The van der Waals surface area contributed by atoms with Crippen LogP contribution in [0, 0.1) is 17.8 Å². The van der Waals surface area contributed by atoms with Gasteiger partial charge in [-0.15, -0.1) is 0 Å². The maximum Gasteiger partial charge on any atom is 0.0595 e. The average Bonchev–Trinajstić information content (AvgIpc) is 2.43. The molecule has 1 aromatic carbocycles. The zero-order valence-electron chi connectivity index (χ0n) is 13.3. The predicted molar refractivity (Wildman–Crippen MR) is 93.4 cm³/mol. The fourth-order valence-corrected chi connectivity index (χ4v) is 3.70. The lowest BCUT2D eigenvalue weighted by molar-refractivity contribution is 0.240. The Kier molecular flexibility index (Phi) is 6.40. The van der Waals surface area contributed by atoms with Crippen LogP contribution < -0.4 is 5.32 Å². The molecule has 118 valence electrons. The molecule has 1 fully saturated rings. The largest absolute Gasteiger partial charge is 0.316 e. The molecule has 0 saturated heterocycles. The first kappa shape index (κ1) is 17.1. The van der Waals surface area contributed by atoms with E-state index in [4.69, 9.17) is 23.2 Å². The number of nitrogens with one attached hydrogen (secondary N) is 1. The number of rotatable bonds is 5. The SMILES string of the molecule is CC(C)CNCC1CCC(C)CC1c1ccc(Cl)c(Cl)c1. The van der Waals surface area contributed by atoms with Crippen LogP contribution in [0.15, 0.2) is 18.2 Å². The number of hydrogen-bond donors (Lipinski definition) is 1. The summed E-state index contributed by atoms with van der Waals surface area (Å²) in [5.41, 5.74) is 1.35. The molecule has 1 N–H and O–H groups in total. The minimum atomic E-state index is 0.600. The summed E-state index contributed by atoms with van der Waals surface area (Å²) in [6.45, 7) is 9.08. The molecule has 1 aromatic rings. The van der Waals surface area contributed by atoms with Crippen LogP contribution in [0.4, 0.5) is 0 Å². The van der Waals surface area contributed by atoms with E-state index in [0.717, 1.165) is 19.0 Å². The molecular weight excluding hydrogens is 301 g/mol. The molecule has 1 aliphatic rings. The van der Waals surface area contributed by atoms with Crippen LogP contribution in [-0.4, -0.2) is 13.1 Å². The second kappa shape index (κ2) is 7.85. The van der Waals surface area contributed by atoms with Crippen molar-refractivity contribution in [2.75, 3.05) is 13.1 Å². The van der Waals surface area contributed by atoms with Gasteiger partial charge in [-0.3, -0.25) is 0 Å². The predicted octanol–water partition coefficient (Wildman–Crippen LogP) is 5.76. The molecule has 0 aliphatic heterocycles. The molecule has 0 spiro atoms. The van der Waals surface area contributed by atoms with Gasteiger partial charge >= 0.3 is 0 Å². The summed E-state index contributed by atoms with van der Waals surface area (Å²) >= 11 is 12.3. The van der Waals surface area contributed by atoms with Crippen molar-refractivity contribution in [3.05, 3.63) is 33.8 Å². The molecule has 21 heavy (non-hydrogen) atoms. The fraction of sp³-hybridized carbons (Fsp3) is 0.667. The Bertz CT molecular complexity index is 459. The number of hydrogen-bond acceptors (Lipinski definition) is 1. The quantitative estimate of drug-likeness (QED) is 0.725. The molecule has 0 aromatic heterocycles. The van der Waals surface area contributed by atoms with E-state index < -0.39 is 0 Å². The minimum absolute atomic E-state index is 0.600. The van der Waals surface area contributed by atoms with Crippen molar-refractivity contribution in [3.8, 4) is 0 Å². The van der Waals surface area contributed by atoms with Gasteiger partial charge in [-0.25, -0.2) is 0 Å². The van der Waals surface area contributed by atoms with Gasteiger partial charge < -0.3 is 5.32 Å². The molecule has 0 radical (unpaired) electrons. The van der Waals surface area contributed by atoms with E-state index in [1.807, 2.05) is 6.07 Å². The van der Waals surface area contributed by atoms with E-state index in [2.05, 4.69) is 38.2 Å². The van der Waals surface area contributed by atoms with E-state index in [-0.39, 0.29) is 0 Å². The van der Waals surface area contributed by atoms with Crippen LogP contribution in [0.25, 0.3) is 0 Å². The van der Waals surface area contributed by atoms with Crippen molar-refractivity contribution in [3.63, 3.8) is 0 Å². The van der Waals surface area contributed by atoms with Gasteiger partial charge in [0.1, 0.15) is 0 Å². The molecule has 0 bridgehead atoms. The smallest absolute Gasteiger partial charge is 0.0595 e. The summed E-state index contributed by atoms with van der Waals surface area (Å²) in [6, 6.07) is 6.17. The molecule has 3 heteroatoms. The average molecular weight is 328 g/mol. The van der Waals surface area contributed by atoms with Gasteiger partial charge in [-0.2, -0.15) is 0 Å². The first-order chi connectivity index (χ1) is 9.97. The van der Waals surface area contributed by atoms with E-state index in [1.54, 1.807) is 0 Å². The first-order valence-corrected chi connectivity index (χ1v) is 8.88. The van der Waals surface area contributed by atoms with Crippen LogP contribution in [0.3, 0.4) is 0 Å². The fourth-order valence-electron chi connectivity index (χ4n) is 3.40. The normalized spacial score (nSPS) is 26.3. The van der Waals surface area contributed by atoms with E-state index in [1.165, 1.54) is 24.8 Å². The van der Waals surface area contributed by atoms with E-state index in [9.17, 15) is 0 Å². The van der Waals surface area contributed by atoms with Crippen LogP contribution in [-0.2, 0) is 0 Å². The second-order valence-electron chi connectivity index (χ2n) is 7.01. The maximum atomic E-state index is 6.22. The number of benzene rings is 1. The lowest BCUT2D eigenvalue weighted by Gasteiger charge is -2.36. The molecule has 0 amide bonds. The highest BCUT2D eigenvalue weighted by Gasteiger charge is 2.29. The highest BCUT2D eigenvalue weighted by atomic mass is 35.5. The lowest BCUT2D eigenvalue weighted by Crippen LogP contribution is -2.33. The van der Waals surface area contributed by atoms with Crippen molar-refractivity contribution in [2.24, 2.45) is 17.8 Å². The van der Waals surface area contributed by atoms with Gasteiger partial charge in [0.2, 0.25) is 0 Å². The molecular formula is C18H27Cl2N. The van der Waals surface area contributed by atoms with Gasteiger partial charge in [0.05, 0.1) is 10.0 Å². The molecule has 3 unspecified atom stereocenters. The first-order valence-electron chi connectivity index (χ1n) is 8.13. The van der Waals surface area contributed by atoms with Crippen molar-refractivity contribution < 1.29 is 0 Å². The Balaban J connectivity index is 2.08. The Hall–Kier alpha value is -0.240. The molecule has 1 aliphatic carbocycles. The summed E-state index contributed by atoms with van der Waals surface area (Å²) in [5, 5.41) is 4.97. The molecule has 1 saturated carbocycles. The van der Waals surface area contributed by atoms with E-state index >= 15 is 0 Å². The summed E-state index contributed by atoms with van der Waals surface area (Å²) in [7, 11) is 0. The van der Waals surface area contributed by atoms with Crippen molar-refractivity contribution in [2.45, 2.75) is 46.0 Å². The Labute approximate surface area is 139 Å². The highest BCUT2D eigenvalue weighted by Crippen LogP contribution is 2.41. The summed E-state index contributed by atoms with van der Waals surface area (Å²) in [6.07, 6.45) is 3.90. The minimum Gasteiger partial charge on any atom is -0.316 e. The van der Waals surface area contributed by atoms with Gasteiger partial charge in [-0.05, 0) is 67.3 Å². The van der Waals surface area contributed by atoms with Gasteiger partial charge in [0, 0.05) is 0 Å². The van der Waals surface area contributed by atoms with Gasteiger partial charge in [0.25, 0.3) is 0 Å². The van der Waals surface area contributed by atoms with Crippen molar-refractivity contribution in [1.29, 1.82) is 0 Å². The van der Waals surface area contributed by atoms with Crippen LogP contribution in [0.2, 0.25) is 10.0 Å². The van der Waals surface area contributed by atoms with Crippen LogP contribution in [0.1, 0.15) is 51.5 Å². The number of halogens is 2. The standard InChI is InChI=1S/C18H27Cl2N/c1-12(2)10-21-11-15-5-4-13(3)8-16(15)14-6-7-17(19)18(20)9-14/h6-7,9,12-13,15-16,21H,4-5,8,10-11H2,1-3H3. The van der Waals surface area contributed by atoms with Crippen LogP contribution in [0.5, 0.6) is 0 Å². The monoisotopic (exact) mass is 327 g/mol. The van der Waals surface area contributed by atoms with Crippen LogP contribution >= 0.6 is 23.2 Å². The third-order valence-electron chi connectivity index (χ3n) is 4.59. The topological polar surface area (TPSA) is 12.0 Å². The van der Waals surface area contributed by atoms with Crippen molar-refractivity contribution >= 4 is 23.2 Å². The lowest BCUT2D eigenvalue weighted by atomic mass is 9.71. The van der Waals surface area contributed by atoms with E-state index in [0.29, 0.717) is 27.8 Å². The maximum absolute atomic E-state index is 6.22. The zero-order chi connectivity index (χ0) is 15.4. The Morgan fingerprint density at radius 1 is 1.19 bits per heavy atom. The zero-order valence-corrected chi connectivity index (χ0v) is 14.8. The second-order valence-corrected chi connectivity index (χ2v) is 7.82. The molecule has 1 nitrogen and oxygen atoms in total. The molecule has 2 rings (SSSR count). The Morgan fingerprint density at radius 2 is 1.95 bits per heavy atom. The molecule has 3 atom stereocenters.